The molecule has 0 aromatic heterocycles. The molecule has 2 nitrogen and oxygen atoms in total. The van der Waals surface area contributed by atoms with E-state index in [9.17, 15) is 0 Å². The second-order valence-electron chi connectivity index (χ2n) is 6.71. The van der Waals surface area contributed by atoms with Crippen LogP contribution in [0.1, 0.15) is 28.7 Å². The van der Waals surface area contributed by atoms with E-state index in [1.54, 1.807) is 0 Å². The molecule has 1 atom stereocenters. The lowest BCUT2D eigenvalue weighted by atomic mass is 9.99. The summed E-state index contributed by atoms with van der Waals surface area (Å²) in [6, 6.07) is 15.4. The SMILES string of the molecule is CNCC(COc1ccc2c(c1)CCC2)Cc1cccc(C)c1.Cl. The van der Waals surface area contributed by atoms with Crippen molar-refractivity contribution in [3.05, 3.63) is 64.7 Å². The highest BCUT2D eigenvalue weighted by Gasteiger charge is 2.13. The van der Waals surface area contributed by atoms with E-state index in [-0.39, 0.29) is 12.4 Å². The van der Waals surface area contributed by atoms with Crippen LogP contribution in [0.2, 0.25) is 0 Å². The molecule has 0 saturated carbocycles. The lowest BCUT2D eigenvalue weighted by Gasteiger charge is -2.18. The van der Waals surface area contributed by atoms with Crippen LogP contribution >= 0.6 is 12.4 Å². The molecule has 0 amide bonds. The molecule has 0 aliphatic heterocycles. The van der Waals surface area contributed by atoms with Gasteiger partial charge in [-0.3, -0.25) is 0 Å². The van der Waals surface area contributed by atoms with Crippen molar-refractivity contribution in [1.29, 1.82) is 0 Å². The number of rotatable bonds is 7. The van der Waals surface area contributed by atoms with E-state index in [1.807, 2.05) is 7.05 Å². The Kier molecular flexibility index (Phi) is 7.14. The minimum atomic E-state index is 0. The van der Waals surface area contributed by atoms with Crippen LogP contribution in [0.25, 0.3) is 0 Å². The number of halogens is 1. The normalized spacial score (nSPS) is 13.9. The Labute approximate surface area is 152 Å². The monoisotopic (exact) mass is 345 g/mol. The quantitative estimate of drug-likeness (QED) is 0.804. The van der Waals surface area contributed by atoms with Gasteiger partial charge in [0.2, 0.25) is 0 Å². The van der Waals surface area contributed by atoms with Crippen molar-refractivity contribution in [2.24, 2.45) is 5.92 Å². The number of fused-ring (bicyclic) bond motifs is 1. The predicted octanol–water partition coefficient (Wildman–Crippen LogP) is 4.36. The molecule has 1 aliphatic carbocycles. The molecule has 2 aromatic carbocycles. The fraction of sp³-hybridized carbons (Fsp3) is 0.429. The van der Waals surface area contributed by atoms with Gasteiger partial charge in [-0.1, -0.05) is 35.9 Å². The highest BCUT2D eigenvalue weighted by Crippen LogP contribution is 2.26. The first-order valence-corrected chi connectivity index (χ1v) is 8.69. The summed E-state index contributed by atoms with van der Waals surface area (Å²) >= 11 is 0. The molecule has 130 valence electrons. The van der Waals surface area contributed by atoms with Crippen LogP contribution in [0.15, 0.2) is 42.5 Å². The number of nitrogens with one attached hydrogen (secondary N) is 1. The molecule has 0 spiro atoms. The summed E-state index contributed by atoms with van der Waals surface area (Å²) in [4.78, 5) is 0. The van der Waals surface area contributed by atoms with Gasteiger partial charge in [0.05, 0.1) is 6.61 Å². The molecule has 0 bridgehead atoms. The van der Waals surface area contributed by atoms with Gasteiger partial charge in [-0.05, 0) is 68.5 Å². The van der Waals surface area contributed by atoms with Gasteiger partial charge in [0, 0.05) is 12.5 Å². The third-order valence-electron chi connectivity index (χ3n) is 4.66. The number of hydrogen-bond acceptors (Lipinski definition) is 2. The van der Waals surface area contributed by atoms with Crippen LogP contribution in [0.4, 0.5) is 0 Å². The zero-order valence-corrected chi connectivity index (χ0v) is 15.5. The summed E-state index contributed by atoms with van der Waals surface area (Å²) < 4.78 is 6.11. The molecule has 1 N–H and O–H groups in total. The molecule has 0 fully saturated rings. The summed E-state index contributed by atoms with van der Waals surface area (Å²) in [7, 11) is 2.01. The first kappa shape index (κ1) is 18.8. The van der Waals surface area contributed by atoms with Crippen LogP contribution < -0.4 is 10.1 Å². The van der Waals surface area contributed by atoms with E-state index in [2.05, 4.69) is 54.7 Å². The average Bonchev–Trinajstić information content (AvgIpc) is 3.00. The molecular weight excluding hydrogens is 318 g/mol. The smallest absolute Gasteiger partial charge is 0.119 e. The van der Waals surface area contributed by atoms with E-state index in [0.29, 0.717) is 5.92 Å². The largest absolute Gasteiger partial charge is 0.493 e. The number of ether oxygens (including phenoxy) is 1. The Balaban J connectivity index is 0.00000208. The number of aryl methyl sites for hydroxylation is 3. The molecule has 0 heterocycles. The molecule has 0 saturated heterocycles. The molecular formula is C21H28ClNO. The standard InChI is InChI=1S/C21H27NO.ClH/c1-16-5-3-6-17(11-16)12-18(14-22-2)15-23-21-10-9-19-7-4-8-20(19)13-21;/h3,5-6,9-11,13,18,22H,4,7-8,12,14-15H2,1-2H3;1H. The summed E-state index contributed by atoms with van der Waals surface area (Å²) in [5, 5.41) is 3.30. The Bertz CT molecular complexity index is 656. The molecule has 2 aromatic rings. The topological polar surface area (TPSA) is 21.3 Å². The minimum Gasteiger partial charge on any atom is -0.493 e. The first-order valence-electron chi connectivity index (χ1n) is 8.69. The van der Waals surface area contributed by atoms with Crippen LogP contribution in [-0.4, -0.2) is 20.2 Å². The van der Waals surface area contributed by atoms with Crippen LogP contribution in [0, 0.1) is 12.8 Å². The zero-order chi connectivity index (χ0) is 16.1. The van der Waals surface area contributed by atoms with E-state index < -0.39 is 0 Å². The van der Waals surface area contributed by atoms with Crippen molar-refractivity contribution >= 4 is 12.4 Å². The number of benzene rings is 2. The second kappa shape index (κ2) is 9.10. The van der Waals surface area contributed by atoms with E-state index in [0.717, 1.165) is 25.3 Å². The average molecular weight is 346 g/mol. The molecule has 3 rings (SSSR count). The maximum absolute atomic E-state index is 6.11. The van der Waals surface area contributed by atoms with E-state index >= 15 is 0 Å². The number of hydrogen-bond donors (Lipinski definition) is 1. The fourth-order valence-electron chi connectivity index (χ4n) is 3.50. The van der Waals surface area contributed by atoms with Gasteiger partial charge < -0.3 is 10.1 Å². The lowest BCUT2D eigenvalue weighted by molar-refractivity contribution is 0.245. The van der Waals surface area contributed by atoms with Crippen LogP contribution in [0.3, 0.4) is 0 Å². The van der Waals surface area contributed by atoms with Gasteiger partial charge in [-0.15, -0.1) is 12.4 Å². The van der Waals surface area contributed by atoms with Gasteiger partial charge >= 0.3 is 0 Å². The Hall–Kier alpha value is -1.51. The second-order valence-corrected chi connectivity index (χ2v) is 6.71. The van der Waals surface area contributed by atoms with Crippen molar-refractivity contribution < 1.29 is 4.74 Å². The maximum atomic E-state index is 6.11. The van der Waals surface area contributed by atoms with Crippen molar-refractivity contribution in [3.8, 4) is 5.75 Å². The van der Waals surface area contributed by atoms with Crippen LogP contribution in [-0.2, 0) is 19.3 Å². The summed E-state index contributed by atoms with van der Waals surface area (Å²) in [6.07, 6.45) is 4.77. The Morgan fingerprint density at radius 3 is 2.71 bits per heavy atom. The predicted molar refractivity (Wildman–Crippen MR) is 104 cm³/mol. The molecule has 1 aliphatic rings. The van der Waals surface area contributed by atoms with E-state index in [1.165, 1.54) is 41.5 Å². The third kappa shape index (κ3) is 4.99. The first-order chi connectivity index (χ1) is 11.2. The van der Waals surface area contributed by atoms with Crippen molar-refractivity contribution in [2.45, 2.75) is 32.6 Å². The van der Waals surface area contributed by atoms with Crippen molar-refractivity contribution in [1.82, 2.24) is 5.32 Å². The van der Waals surface area contributed by atoms with Crippen molar-refractivity contribution in [2.75, 3.05) is 20.2 Å². The highest BCUT2D eigenvalue weighted by atomic mass is 35.5. The Morgan fingerprint density at radius 1 is 1.08 bits per heavy atom. The molecule has 1 unspecified atom stereocenters. The Morgan fingerprint density at radius 2 is 1.92 bits per heavy atom. The van der Waals surface area contributed by atoms with Crippen LogP contribution in [0.5, 0.6) is 5.75 Å². The highest BCUT2D eigenvalue weighted by molar-refractivity contribution is 5.85. The molecule has 0 radical (unpaired) electrons. The summed E-state index contributed by atoms with van der Waals surface area (Å²) in [5.41, 5.74) is 5.70. The third-order valence-corrected chi connectivity index (χ3v) is 4.66. The summed E-state index contributed by atoms with van der Waals surface area (Å²) in [6.45, 7) is 3.88. The summed E-state index contributed by atoms with van der Waals surface area (Å²) in [5.74, 6) is 1.51. The van der Waals surface area contributed by atoms with Gasteiger partial charge in [-0.25, -0.2) is 0 Å². The van der Waals surface area contributed by atoms with Gasteiger partial charge in [-0.2, -0.15) is 0 Å². The fourth-order valence-corrected chi connectivity index (χ4v) is 3.50. The van der Waals surface area contributed by atoms with Gasteiger partial charge in [0.1, 0.15) is 5.75 Å². The van der Waals surface area contributed by atoms with Gasteiger partial charge in [0.25, 0.3) is 0 Å². The minimum absolute atomic E-state index is 0. The van der Waals surface area contributed by atoms with Crippen molar-refractivity contribution in [3.63, 3.8) is 0 Å². The maximum Gasteiger partial charge on any atom is 0.119 e. The molecule has 24 heavy (non-hydrogen) atoms. The van der Waals surface area contributed by atoms with E-state index in [4.69, 9.17) is 4.74 Å². The van der Waals surface area contributed by atoms with Gasteiger partial charge in [0.15, 0.2) is 0 Å². The molecule has 3 heteroatoms. The zero-order valence-electron chi connectivity index (χ0n) is 14.7. The lowest BCUT2D eigenvalue weighted by Crippen LogP contribution is -2.26.